The summed E-state index contributed by atoms with van der Waals surface area (Å²) in [6, 6.07) is 25.1. The van der Waals surface area contributed by atoms with Gasteiger partial charge in [-0.05, 0) is 49.4 Å². The number of para-hydroxylation sites is 1. The molecule has 2 amide bonds. The largest absolute Gasteiger partial charge is 0.446 e. The van der Waals surface area contributed by atoms with Crippen molar-refractivity contribution < 1.29 is 19.1 Å². The van der Waals surface area contributed by atoms with Crippen molar-refractivity contribution >= 4 is 23.5 Å². The number of rotatable bonds is 12. The molecule has 9 nitrogen and oxygen atoms in total. The minimum Gasteiger partial charge on any atom is -0.446 e. The van der Waals surface area contributed by atoms with Crippen molar-refractivity contribution in [2.45, 2.75) is 50.8 Å². The smallest absolute Gasteiger partial charge is 0.411 e. The van der Waals surface area contributed by atoms with E-state index in [1.165, 1.54) is 0 Å². The zero-order chi connectivity index (χ0) is 30.7. The quantitative estimate of drug-likeness (QED) is 0.205. The number of nitrogens with zero attached hydrogens (tertiary/aromatic N) is 2. The van der Waals surface area contributed by atoms with Crippen LogP contribution in [0.4, 0.5) is 10.5 Å². The van der Waals surface area contributed by atoms with Crippen molar-refractivity contribution in [3.63, 3.8) is 0 Å². The maximum atomic E-state index is 12.7. The van der Waals surface area contributed by atoms with E-state index < -0.39 is 6.09 Å². The fourth-order valence-electron chi connectivity index (χ4n) is 6.08. The van der Waals surface area contributed by atoms with E-state index in [9.17, 15) is 14.4 Å². The molecule has 1 atom stereocenters. The third-order valence-corrected chi connectivity index (χ3v) is 8.55. The molecule has 0 bridgehead atoms. The Morgan fingerprint density at radius 2 is 1.57 bits per heavy atom. The second kappa shape index (κ2) is 15.6. The zero-order valence-corrected chi connectivity index (χ0v) is 25.3. The van der Waals surface area contributed by atoms with Gasteiger partial charge in [-0.2, -0.15) is 0 Å². The number of likely N-dealkylation sites (tertiary alicyclic amines) is 2. The number of primary amides is 1. The zero-order valence-electron chi connectivity index (χ0n) is 25.3. The normalized spacial score (nSPS) is 18.0. The van der Waals surface area contributed by atoms with E-state index >= 15 is 0 Å². The molecule has 0 saturated carbocycles. The Morgan fingerprint density at radius 3 is 2.32 bits per heavy atom. The van der Waals surface area contributed by atoms with Crippen LogP contribution in [0, 0.1) is 0 Å². The van der Waals surface area contributed by atoms with Crippen LogP contribution in [-0.4, -0.2) is 79.0 Å². The van der Waals surface area contributed by atoms with E-state index in [-0.39, 0.29) is 30.4 Å². The Morgan fingerprint density at radius 1 is 0.841 bits per heavy atom. The number of ketones is 1. The Hall–Kier alpha value is -4.05. The molecule has 1 unspecified atom stereocenters. The molecule has 44 heavy (non-hydrogen) atoms. The number of ether oxygens (including phenoxy) is 1. The number of hydrogen-bond acceptors (Lipinski definition) is 7. The van der Waals surface area contributed by atoms with Gasteiger partial charge < -0.3 is 20.7 Å². The minimum atomic E-state index is -0.429. The lowest BCUT2D eigenvalue weighted by atomic mass is 10.00. The molecule has 2 aliphatic rings. The third-order valence-electron chi connectivity index (χ3n) is 8.55. The van der Waals surface area contributed by atoms with Crippen LogP contribution in [0.2, 0.25) is 0 Å². The summed E-state index contributed by atoms with van der Waals surface area (Å²) in [6.45, 7) is 5.01. The number of anilines is 1. The van der Waals surface area contributed by atoms with Crippen LogP contribution in [0.15, 0.2) is 78.9 Å². The Kier molecular flexibility index (Phi) is 11.1. The Bertz CT molecular complexity index is 1390. The number of piperidine rings is 2. The van der Waals surface area contributed by atoms with Gasteiger partial charge >= 0.3 is 6.09 Å². The molecule has 2 saturated heterocycles. The van der Waals surface area contributed by atoms with E-state index in [1.54, 1.807) is 0 Å². The summed E-state index contributed by atoms with van der Waals surface area (Å²) in [5, 5.41) is 6.20. The van der Waals surface area contributed by atoms with E-state index in [1.807, 2.05) is 78.9 Å². The Labute approximate surface area is 259 Å². The van der Waals surface area contributed by atoms with Crippen LogP contribution in [0.3, 0.4) is 0 Å². The highest BCUT2D eigenvalue weighted by Crippen LogP contribution is 2.28. The first-order chi connectivity index (χ1) is 21.5. The van der Waals surface area contributed by atoms with Gasteiger partial charge in [0.25, 0.3) is 0 Å². The van der Waals surface area contributed by atoms with Gasteiger partial charge in [-0.3, -0.25) is 19.8 Å². The molecule has 2 fully saturated rings. The van der Waals surface area contributed by atoms with Crippen LogP contribution in [-0.2, 0) is 16.1 Å². The summed E-state index contributed by atoms with van der Waals surface area (Å²) in [5.41, 5.74) is 10.1. The lowest BCUT2D eigenvalue weighted by molar-refractivity contribution is -0.124. The molecular formula is C35H43N5O4. The molecule has 0 aliphatic carbocycles. The Balaban J connectivity index is 0.981. The van der Waals surface area contributed by atoms with E-state index in [2.05, 4.69) is 20.4 Å². The van der Waals surface area contributed by atoms with Crippen LogP contribution in [0.5, 0.6) is 0 Å². The van der Waals surface area contributed by atoms with Crippen LogP contribution in [0.25, 0.3) is 11.1 Å². The number of carbonyl (C=O) groups excluding carboxylic acids is 3. The molecule has 3 aromatic rings. The number of benzene rings is 3. The van der Waals surface area contributed by atoms with Gasteiger partial charge in [0.1, 0.15) is 6.10 Å². The lowest BCUT2D eigenvalue weighted by Gasteiger charge is -2.33. The molecule has 0 spiro atoms. The molecule has 4 N–H and O–H groups in total. The van der Waals surface area contributed by atoms with E-state index in [0.29, 0.717) is 18.7 Å². The molecule has 5 rings (SSSR count). The van der Waals surface area contributed by atoms with Crippen molar-refractivity contribution in [1.29, 1.82) is 0 Å². The highest BCUT2D eigenvalue weighted by Gasteiger charge is 2.27. The average Bonchev–Trinajstić information content (AvgIpc) is 3.05. The van der Waals surface area contributed by atoms with Gasteiger partial charge in [0.2, 0.25) is 5.91 Å². The van der Waals surface area contributed by atoms with Gasteiger partial charge in [0, 0.05) is 43.9 Å². The maximum Gasteiger partial charge on any atom is 0.411 e. The van der Waals surface area contributed by atoms with E-state index in [0.717, 1.165) is 80.7 Å². The number of amides is 2. The second-order valence-electron chi connectivity index (χ2n) is 11.7. The average molecular weight is 598 g/mol. The van der Waals surface area contributed by atoms with Gasteiger partial charge in [0.05, 0.1) is 18.3 Å². The number of hydrogen-bond donors (Lipinski definition) is 3. The predicted octanol–water partition coefficient (Wildman–Crippen LogP) is 4.68. The summed E-state index contributed by atoms with van der Waals surface area (Å²) in [7, 11) is 0. The first kappa shape index (κ1) is 31.4. The van der Waals surface area contributed by atoms with Crippen molar-refractivity contribution in [3.05, 3.63) is 90.0 Å². The van der Waals surface area contributed by atoms with Gasteiger partial charge in [-0.1, -0.05) is 79.2 Å². The molecule has 2 aliphatic heterocycles. The number of Topliss-reactive ketones (excluding diaryl/α,β-unsaturated/α-hetero) is 1. The third kappa shape index (κ3) is 8.75. The monoisotopic (exact) mass is 597 g/mol. The van der Waals surface area contributed by atoms with Crippen molar-refractivity contribution in [2.24, 2.45) is 5.73 Å². The van der Waals surface area contributed by atoms with Gasteiger partial charge in [-0.15, -0.1) is 0 Å². The van der Waals surface area contributed by atoms with Gasteiger partial charge in [-0.25, -0.2) is 4.79 Å². The van der Waals surface area contributed by atoms with E-state index in [4.69, 9.17) is 10.5 Å². The molecule has 9 heteroatoms. The van der Waals surface area contributed by atoms with Crippen molar-refractivity contribution in [3.8, 4) is 11.1 Å². The van der Waals surface area contributed by atoms with Crippen LogP contribution < -0.4 is 16.4 Å². The lowest BCUT2D eigenvalue weighted by Crippen LogP contribution is -2.47. The van der Waals surface area contributed by atoms with Crippen molar-refractivity contribution in [1.82, 2.24) is 15.1 Å². The molecule has 2 heterocycles. The standard InChI is InChI=1S/C35H43N5O4/c36-34(42)32-12-6-7-20-40(32)25-26-13-15-28(16-14-26)33(41)24-37-19-23-39-21-17-29(18-22-39)44-35(43)38-31-11-5-4-10-30(31)27-8-2-1-3-9-27/h1-5,8-11,13-16,29,32,37H,6-7,12,17-25H2,(H2,36,42)(H,38,43). The highest BCUT2D eigenvalue weighted by molar-refractivity contribution is 5.97. The SMILES string of the molecule is NC(=O)C1CCCCN1Cc1ccc(C(=O)CNCCN2CCC(OC(=O)Nc3ccccc3-c3ccccc3)CC2)cc1. The summed E-state index contributed by atoms with van der Waals surface area (Å²) < 4.78 is 5.75. The summed E-state index contributed by atoms with van der Waals surface area (Å²) in [5.74, 6) is -0.208. The summed E-state index contributed by atoms with van der Waals surface area (Å²) in [4.78, 5) is 41.6. The molecule has 232 valence electrons. The molecule has 0 radical (unpaired) electrons. The predicted molar refractivity (Wildman–Crippen MR) is 172 cm³/mol. The van der Waals surface area contributed by atoms with Crippen LogP contribution >= 0.6 is 0 Å². The topological polar surface area (TPSA) is 117 Å². The second-order valence-corrected chi connectivity index (χ2v) is 11.7. The number of carbonyl (C=O) groups is 3. The van der Waals surface area contributed by atoms with Gasteiger partial charge in [0.15, 0.2) is 5.78 Å². The van der Waals surface area contributed by atoms with Crippen molar-refractivity contribution in [2.75, 3.05) is 44.6 Å². The fraction of sp³-hybridized carbons (Fsp3) is 0.400. The molecular weight excluding hydrogens is 554 g/mol. The maximum absolute atomic E-state index is 12.7. The molecule has 0 aromatic heterocycles. The minimum absolute atomic E-state index is 0.0523. The fourth-order valence-corrected chi connectivity index (χ4v) is 6.08. The molecule has 3 aromatic carbocycles. The number of nitrogens with one attached hydrogen (secondary N) is 2. The highest BCUT2D eigenvalue weighted by atomic mass is 16.6. The first-order valence-electron chi connectivity index (χ1n) is 15.7. The number of nitrogens with two attached hydrogens (primary N) is 1. The van der Waals surface area contributed by atoms with Crippen LogP contribution in [0.1, 0.15) is 48.0 Å². The summed E-state index contributed by atoms with van der Waals surface area (Å²) >= 11 is 0. The summed E-state index contributed by atoms with van der Waals surface area (Å²) in [6.07, 6.45) is 3.91. The first-order valence-corrected chi connectivity index (χ1v) is 15.7.